The summed E-state index contributed by atoms with van der Waals surface area (Å²) >= 11 is 12.4. The van der Waals surface area contributed by atoms with Crippen LogP contribution >= 0.6 is 23.2 Å². The number of carbonyl (C=O) groups is 2. The Morgan fingerprint density at radius 3 is 2.31 bits per heavy atom. The van der Waals surface area contributed by atoms with Crippen LogP contribution in [0, 0.1) is 17.3 Å². The summed E-state index contributed by atoms with van der Waals surface area (Å²) in [6.07, 6.45) is 0.119. The lowest BCUT2D eigenvalue weighted by molar-refractivity contribution is -0.142. The molecule has 5 rings (SSSR count). The summed E-state index contributed by atoms with van der Waals surface area (Å²) in [5.41, 5.74) is -0.202. The second-order valence-corrected chi connectivity index (χ2v) is 11.9. The molecule has 0 spiro atoms. The van der Waals surface area contributed by atoms with Gasteiger partial charge in [-0.3, -0.25) is 9.59 Å². The zero-order valence-electron chi connectivity index (χ0n) is 21.5. The van der Waals surface area contributed by atoms with Gasteiger partial charge in [-0.1, -0.05) is 36.2 Å². The smallest absolute Gasteiger partial charge is 0.354 e. The molecule has 1 aromatic heterocycles. The van der Waals surface area contributed by atoms with Gasteiger partial charge in [0.1, 0.15) is 0 Å². The van der Waals surface area contributed by atoms with E-state index >= 15 is 0 Å². The van der Waals surface area contributed by atoms with Crippen LogP contribution in [0.4, 0.5) is 19.1 Å². The third-order valence-electron chi connectivity index (χ3n) is 8.27. The number of hydrogen-bond acceptors (Lipinski definition) is 5. The van der Waals surface area contributed by atoms with E-state index in [1.54, 1.807) is 12.1 Å². The number of aromatic nitrogens is 2. The molecule has 1 aliphatic carbocycles. The van der Waals surface area contributed by atoms with Crippen LogP contribution in [0.1, 0.15) is 49.7 Å². The first-order valence-corrected chi connectivity index (χ1v) is 13.9. The highest BCUT2D eigenvalue weighted by atomic mass is 35.5. The topological polar surface area (TPSA) is 78.4 Å². The van der Waals surface area contributed by atoms with Gasteiger partial charge in [0.25, 0.3) is 0 Å². The van der Waals surface area contributed by atoms with Crippen molar-refractivity contribution >= 4 is 41.0 Å². The van der Waals surface area contributed by atoms with E-state index in [4.69, 9.17) is 23.2 Å². The van der Waals surface area contributed by atoms with Crippen LogP contribution < -0.4 is 5.32 Å². The first kappa shape index (κ1) is 28.0. The third-order valence-corrected chi connectivity index (χ3v) is 9.01. The zero-order chi connectivity index (χ0) is 27.9. The maximum absolute atomic E-state index is 13.6. The van der Waals surface area contributed by atoms with Gasteiger partial charge in [0.05, 0.1) is 15.6 Å². The molecule has 3 fully saturated rings. The van der Waals surface area contributed by atoms with Crippen molar-refractivity contribution in [2.75, 3.05) is 38.0 Å². The van der Waals surface area contributed by atoms with E-state index in [1.165, 1.54) is 0 Å². The van der Waals surface area contributed by atoms with Crippen LogP contribution in [0.15, 0.2) is 30.6 Å². The quantitative estimate of drug-likeness (QED) is 0.486. The van der Waals surface area contributed by atoms with Crippen molar-refractivity contribution in [1.82, 2.24) is 19.8 Å². The molecule has 2 amide bonds. The van der Waals surface area contributed by atoms with Crippen LogP contribution in [0.5, 0.6) is 0 Å². The van der Waals surface area contributed by atoms with Gasteiger partial charge in [-0.15, -0.1) is 0 Å². The molecule has 7 nitrogen and oxygen atoms in total. The SMILES string of the molecule is CC1(C(=O)N2CCC(C(=O)N3CC(c4ccc(Cl)c(Cl)c4)[C@@H](CNc4ncc(C(F)(F)F)cn4)C3)CC2)CC1. The normalized spacial score (nSPS) is 23.1. The molecular weight excluding hydrogens is 554 g/mol. The molecule has 3 aliphatic rings. The van der Waals surface area contributed by atoms with E-state index in [0.29, 0.717) is 55.6 Å². The molecule has 2 saturated heterocycles. The van der Waals surface area contributed by atoms with E-state index in [1.807, 2.05) is 22.8 Å². The number of halogens is 5. The predicted octanol–water partition coefficient (Wildman–Crippen LogP) is 5.50. The second kappa shape index (κ2) is 10.8. The van der Waals surface area contributed by atoms with Crippen LogP contribution in [0.25, 0.3) is 0 Å². The number of amides is 2. The average Bonchev–Trinajstić information content (AvgIpc) is 3.53. The molecule has 1 aromatic carbocycles. The van der Waals surface area contributed by atoms with Gasteiger partial charge in [0.2, 0.25) is 17.8 Å². The minimum Gasteiger partial charge on any atom is -0.354 e. The van der Waals surface area contributed by atoms with E-state index in [2.05, 4.69) is 15.3 Å². The number of hydrogen-bond donors (Lipinski definition) is 1. The summed E-state index contributed by atoms with van der Waals surface area (Å²) in [5, 5.41) is 3.88. The molecule has 39 heavy (non-hydrogen) atoms. The minimum absolute atomic E-state index is 0.0615. The number of nitrogens with zero attached hydrogens (tertiary/aromatic N) is 4. The molecule has 12 heteroatoms. The van der Waals surface area contributed by atoms with Crippen molar-refractivity contribution < 1.29 is 22.8 Å². The molecule has 2 atom stereocenters. The summed E-state index contributed by atoms with van der Waals surface area (Å²) < 4.78 is 38.6. The van der Waals surface area contributed by atoms with Gasteiger partial charge in [-0.05, 0) is 43.4 Å². The van der Waals surface area contributed by atoms with Gasteiger partial charge >= 0.3 is 6.18 Å². The Hall–Kier alpha value is -2.59. The first-order chi connectivity index (χ1) is 18.4. The van der Waals surface area contributed by atoms with E-state index in [-0.39, 0.29) is 40.9 Å². The van der Waals surface area contributed by atoms with Gasteiger partial charge in [0, 0.05) is 68.3 Å². The Morgan fingerprint density at radius 1 is 1.05 bits per heavy atom. The standard InChI is InChI=1S/C27H30Cl2F3N5O2/c1-26(6-7-26)24(39)36-8-4-16(5-9-36)23(38)37-14-18(20(15-37)17-2-3-21(28)22(29)10-17)11-33-25-34-12-19(13-35-25)27(30,31)32/h2-3,10,12-13,16,18,20H,4-9,11,14-15H2,1H3,(H,33,34,35)/t18-,20?/m0/s1. The van der Waals surface area contributed by atoms with Gasteiger partial charge < -0.3 is 15.1 Å². The van der Waals surface area contributed by atoms with Crippen molar-refractivity contribution in [1.29, 1.82) is 0 Å². The number of likely N-dealkylation sites (tertiary alicyclic amines) is 2. The largest absolute Gasteiger partial charge is 0.419 e. The molecule has 3 heterocycles. The molecule has 1 saturated carbocycles. The summed E-state index contributed by atoms with van der Waals surface area (Å²) in [7, 11) is 0. The van der Waals surface area contributed by atoms with Crippen molar-refractivity contribution in [3.8, 4) is 0 Å². The maximum Gasteiger partial charge on any atom is 0.419 e. The number of benzene rings is 1. The van der Waals surface area contributed by atoms with E-state index in [9.17, 15) is 22.8 Å². The molecule has 210 valence electrons. The fraction of sp³-hybridized carbons (Fsp3) is 0.556. The highest BCUT2D eigenvalue weighted by molar-refractivity contribution is 6.42. The summed E-state index contributed by atoms with van der Waals surface area (Å²) in [6, 6.07) is 5.41. The number of nitrogens with one attached hydrogen (secondary N) is 1. The molecule has 1 N–H and O–H groups in total. The lowest BCUT2D eigenvalue weighted by atomic mass is 9.89. The van der Waals surface area contributed by atoms with E-state index < -0.39 is 11.7 Å². The lowest BCUT2D eigenvalue weighted by Crippen LogP contribution is -2.45. The van der Waals surface area contributed by atoms with Gasteiger partial charge in [-0.25, -0.2) is 9.97 Å². The Balaban J connectivity index is 1.26. The number of carbonyl (C=O) groups excluding carboxylic acids is 2. The number of alkyl halides is 3. The Morgan fingerprint density at radius 2 is 1.72 bits per heavy atom. The monoisotopic (exact) mass is 583 g/mol. The number of piperidine rings is 1. The third kappa shape index (κ3) is 6.11. The molecule has 0 radical (unpaired) electrons. The lowest BCUT2D eigenvalue weighted by Gasteiger charge is -2.34. The van der Waals surface area contributed by atoms with Gasteiger partial charge in [0.15, 0.2) is 0 Å². The van der Waals surface area contributed by atoms with Crippen molar-refractivity contribution in [2.24, 2.45) is 17.3 Å². The van der Waals surface area contributed by atoms with E-state index in [0.717, 1.165) is 30.8 Å². The van der Waals surface area contributed by atoms with Crippen LogP contribution in [0.3, 0.4) is 0 Å². The van der Waals surface area contributed by atoms with Crippen molar-refractivity contribution in [3.63, 3.8) is 0 Å². The molecule has 2 aromatic rings. The summed E-state index contributed by atoms with van der Waals surface area (Å²) in [5.74, 6) is 0.0715. The molecule has 2 aliphatic heterocycles. The van der Waals surface area contributed by atoms with Crippen LogP contribution in [-0.4, -0.2) is 64.3 Å². The molecule has 1 unspecified atom stereocenters. The molecule has 0 bridgehead atoms. The highest BCUT2D eigenvalue weighted by Crippen LogP contribution is 2.47. The minimum atomic E-state index is -4.51. The summed E-state index contributed by atoms with van der Waals surface area (Å²) in [6.45, 7) is 4.48. The van der Waals surface area contributed by atoms with Gasteiger partial charge in [-0.2, -0.15) is 13.2 Å². The second-order valence-electron chi connectivity index (χ2n) is 11.1. The number of rotatable bonds is 6. The van der Waals surface area contributed by atoms with Crippen LogP contribution in [0.2, 0.25) is 10.0 Å². The summed E-state index contributed by atoms with van der Waals surface area (Å²) in [4.78, 5) is 37.6. The van der Waals surface area contributed by atoms with Crippen molar-refractivity contribution in [3.05, 3.63) is 51.8 Å². The average molecular weight is 584 g/mol. The maximum atomic E-state index is 13.6. The number of anilines is 1. The predicted molar refractivity (Wildman–Crippen MR) is 141 cm³/mol. The van der Waals surface area contributed by atoms with Crippen LogP contribution in [-0.2, 0) is 15.8 Å². The first-order valence-electron chi connectivity index (χ1n) is 13.1. The Bertz CT molecular complexity index is 1230. The molecular formula is C27H30Cl2F3N5O2. The Labute approximate surface area is 235 Å². The van der Waals surface area contributed by atoms with Crippen molar-refractivity contribution in [2.45, 2.75) is 44.7 Å². The fourth-order valence-electron chi connectivity index (χ4n) is 5.54. The highest BCUT2D eigenvalue weighted by Gasteiger charge is 2.48. The zero-order valence-corrected chi connectivity index (χ0v) is 23.0. The fourth-order valence-corrected chi connectivity index (χ4v) is 5.84. The Kier molecular flexibility index (Phi) is 7.72.